The van der Waals surface area contributed by atoms with Crippen LogP contribution in [0.2, 0.25) is 0 Å². The van der Waals surface area contributed by atoms with Gasteiger partial charge in [0, 0.05) is 5.56 Å². The van der Waals surface area contributed by atoms with Crippen molar-refractivity contribution in [3.8, 4) is 5.75 Å². The van der Waals surface area contributed by atoms with Crippen molar-refractivity contribution in [2.45, 2.75) is 33.7 Å². The number of aromatic nitrogens is 1. The van der Waals surface area contributed by atoms with Gasteiger partial charge >= 0.3 is 11.9 Å². The van der Waals surface area contributed by atoms with Crippen molar-refractivity contribution in [1.29, 1.82) is 0 Å². The van der Waals surface area contributed by atoms with Gasteiger partial charge in [-0.05, 0) is 57.0 Å². The van der Waals surface area contributed by atoms with Crippen LogP contribution in [0.3, 0.4) is 0 Å². The zero-order valence-corrected chi connectivity index (χ0v) is 21.4. The molecule has 1 fully saturated rings. The van der Waals surface area contributed by atoms with Crippen LogP contribution in [0.1, 0.15) is 50.6 Å². The fourth-order valence-electron chi connectivity index (χ4n) is 4.16. The summed E-state index contributed by atoms with van der Waals surface area (Å²) >= 11 is 0.966. The maximum atomic E-state index is 13.4. The molecule has 4 rings (SSSR count). The number of hydrogen-bond donors (Lipinski definition) is 1. The van der Waals surface area contributed by atoms with E-state index in [9.17, 15) is 19.5 Å². The van der Waals surface area contributed by atoms with Crippen molar-refractivity contribution in [3.63, 3.8) is 0 Å². The van der Waals surface area contributed by atoms with Crippen LogP contribution in [0.4, 0.5) is 5.13 Å². The van der Waals surface area contributed by atoms with Crippen LogP contribution in [0.5, 0.6) is 5.75 Å². The molecule has 1 aliphatic rings. The number of hydrogen-bond acceptors (Lipinski definition) is 8. The predicted molar refractivity (Wildman–Crippen MR) is 137 cm³/mol. The number of thiazole rings is 1. The molecule has 36 heavy (non-hydrogen) atoms. The molecule has 1 amide bonds. The summed E-state index contributed by atoms with van der Waals surface area (Å²) in [5.41, 5.74) is 2.98. The number of carbonyl (C=O) groups excluding carboxylic acids is 3. The monoisotopic (exact) mass is 506 g/mol. The normalized spacial score (nSPS) is 16.9. The Morgan fingerprint density at radius 3 is 2.58 bits per heavy atom. The van der Waals surface area contributed by atoms with Crippen LogP contribution in [-0.2, 0) is 14.3 Å². The summed E-state index contributed by atoms with van der Waals surface area (Å²) in [7, 11) is 1.52. The number of benzene rings is 2. The van der Waals surface area contributed by atoms with Crippen molar-refractivity contribution >= 4 is 39.9 Å². The quantitative estimate of drug-likeness (QED) is 0.220. The Labute approximate surface area is 212 Å². The molecule has 0 aliphatic carbocycles. The molecule has 1 aromatic heterocycles. The summed E-state index contributed by atoms with van der Waals surface area (Å²) in [5, 5.41) is 11.6. The van der Waals surface area contributed by atoms with Crippen LogP contribution in [0.25, 0.3) is 5.76 Å². The summed E-state index contributed by atoms with van der Waals surface area (Å²) in [4.78, 5) is 45.1. The third-order valence-electron chi connectivity index (χ3n) is 5.95. The number of ether oxygens (including phenoxy) is 2. The molecule has 0 bridgehead atoms. The Kier molecular flexibility index (Phi) is 6.94. The fourth-order valence-corrected chi connectivity index (χ4v) is 5.15. The highest BCUT2D eigenvalue weighted by atomic mass is 32.1. The number of amides is 1. The molecular formula is C27H26N2O6S. The van der Waals surface area contributed by atoms with Crippen LogP contribution in [0, 0.1) is 20.8 Å². The third-order valence-corrected chi connectivity index (χ3v) is 7.09. The number of aryl methyl sites for hydroxylation is 3. The molecule has 2 aromatic carbocycles. The van der Waals surface area contributed by atoms with Crippen LogP contribution in [-0.4, -0.2) is 41.5 Å². The molecule has 1 saturated heterocycles. The van der Waals surface area contributed by atoms with Gasteiger partial charge in [-0.1, -0.05) is 41.2 Å². The van der Waals surface area contributed by atoms with Gasteiger partial charge in [0.05, 0.1) is 31.0 Å². The highest BCUT2D eigenvalue weighted by Crippen LogP contribution is 2.44. The van der Waals surface area contributed by atoms with Crippen molar-refractivity contribution in [1.82, 2.24) is 4.98 Å². The van der Waals surface area contributed by atoms with Crippen molar-refractivity contribution in [3.05, 3.63) is 80.9 Å². The first-order valence-electron chi connectivity index (χ1n) is 11.3. The van der Waals surface area contributed by atoms with E-state index in [0.29, 0.717) is 22.6 Å². The van der Waals surface area contributed by atoms with Crippen LogP contribution >= 0.6 is 11.3 Å². The fraction of sp³-hybridized carbons (Fsp3) is 0.259. The Hall–Kier alpha value is -3.98. The molecular weight excluding hydrogens is 480 g/mol. The Bertz CT molecular complexity index is 1410. The van der Waals surface area contributed by atoms with Gasteiger partial charge < -0.3 is 14.6 Å². The average Bonchev–Trinajstić information content (AvgIpc) is 3.37. The summed E-state index contributed by atoms with van der Waals surface area (Å²) in [6, 6.07) is 11.5. The average molecular weight is 507 g/mol. The van der Waals surface area contributed by atoms with E-state index in [-0.39, 0.29) is 27.9 Å². The van der Waals surface area contributed by atoms with Crippen molar-refractivity contribution in [2.75, 3.05) is 18.6 Å². The van der Waals surface area contributed by atoms with Gasteiger partial charge in [0.1, 0.15) is 16.4 Å². The standard InChI is InChI=1S/C27H26N2O6S/c1-6-35-26(33)24-16(4)28-27(36-24)29-21(17-8-7-9-18(13-17)34-5)20(23(31)25(29)32)22(30)19-12-14(2)10-11-15(19)3/h7-13,21,30H,6H2,1-5H3. The first kappa shape index (κ1) is 25.1. The minimum Gasteiger partial charge on any atom is -0.507 e. The highest BCUT2D eigenvalue weighted by Gasteiger charge is 2.48. The number of anilines is 1. The third kappa shape index (κ3) is 4.37. The van der Waals surface area contributed by atoms with E-state index in [1.807, 2.05) is 26.0 Å². The summed E-state index contributed by atoms with van der Waals surface area (Å²) < 4.78 is 10.5. The Balaban J connectivity index is 1.96. The van der Waals surface area contributed by atoms with E-state index >= 15 is 0 Å². The van der Waals surface area contributed by atoms with Gasteiger partial charge in [-0.3, -0.25) is 14.5 Å². The van der Waals surface area contributed by atoms with E-state index in [1.54, 1.807) is 44.2 Å². The number of esters is 1. The number of methoxy groups -OCH3 is 1. The van der Waals surface area contributed by atoms with Gasteiger partial charge in [0.25, 0.3) is 5.78 Å². The zero-order chi connectivity index (χ0) is 26.1. The van der Waals surface area contributed by atoms with E-state index in [0.717, 1.165) is 22.5 Å². The SMILES string of the molecule is CCOC(=O)c1sc(N2C(=O)C(=O)C(=C(O)c3cc(C)ccc3C)C2c2cccc(OC)c2)nc1C. The number of aliphatic hydroxyl groups is 1. The summed E-state index contributed by atoms with van der Waals surface area (Å²) in [5.74, 6) is -2.00. The maximum absolute atomic E-state index is 13.4. The molecule has 1 N–H and O–H groups in total. The van der Waals surface area contributed by atoms with Crippen molar-refractivity contribution < 1.29 is 29.0 Å². The van der Waals surface area contributed by atoms with Gasteiger partial charge in [0.15, 0.2) is 5.13 Å². The van der Waals surface area contributed by atoms with Crippen LogP contribution < -0.4 is 9.64 Å². The number of nitrogens with zero attached hydrogens (tertiary/aromatic N) is 2. The molecule has 0 spiro atoms. The zero-order valence-electron chi connectivity index (χ0n) is 20.6. The molecule has 1 atom stereocenters. The Morgan fingerprint density at radius 1 is 1.14 bits per heavy atom. The number of carbonyl (C=O) groups is 3. The molecule has 1 unspecified atom stereocenters. The second-order valence-electron chi connectivity index (χ2n) is 8.40. The molecule has 186 valence electrons. The minimum atomic E-state index is -0.986. The lowest BCUT2D eigenvalue weighted by atomic mass is 9.93. The minimum absolute atomic E-state index is 0.0625. The number of Topliss-reactive ketones (excluding diaryl/α,β-unsaturated/α-hetero) is 1. The van der Waals surface area contributed by atoms with E-state index < -0.39 is 23.7 Å². The lowest BCUT2D eigenvalue weighted by molar-refractivity contribution is -0.132. The topological polar surface area (TPSA) is 106 Å². The first-order chi connectivity index (χ1) is 17.2. The molecule has 3 aromatic rings. The molecule has 1 aliphatic heterocycles. The van der Waals surface area contributed by atoms with Gasteiger partial charge in [-0.2, -0.15) is 0 Å². The molecule has 2 heterocycles. The lowest BCUT2D eigenvalue weighted by Gasteiger charge is -2.23. The molecule has 8 nitrogen and oxygen atoms in total. The smallest absolute Gasteiger partial charge is 0.350 e. The number of rotatable bonds is 6. The Morgan fingerprint density at radius 2 is 1.89 bits per heavy atom. The second-order valence-corrected chi connectivity index (χ2v) is 9.37. The van der Waals surface area contributed by atoms with Crippen molar-refractivity contribution in [2.24, 2.45) is 0 Å². The number of ketones is 1. The summed E-state index contributed by atoms with van der Waals surface area (Å²) in [6.45, 7) is 7.23. The van der Waals surface area contributed by atoms with E-state index in [2.05, 4.69) is 4.98 Å². The number of aliphatic hydroxyl groups excluding tert-OH is 1. The summed E-state index contributed by atoms with van der Waals surface area (Å²) in [6.07, 6.45) is 0. The van der Waals surface area contributed by atoms with Gasteiger partial charge in [-0.15, -0.1) is 0 Å². The highest BCUT2D eigenvalue weighted by molar-refractivity contribution is 7.17. The van der Waals surface area contributed by atoms with E-state index in [4.69, 9.17) is 9.47 Å². The molecule has 0 saturated carbocycles. The molecule has 0 radical (unpaired) electrons. The maximum Gasteiger partial charge on any atom is 0.350 e. The lowest BCUT2D eigenvalue weighted by Crippen LogP contribution is -2.29. The first-order valence-corrected chi connectivity index (χ1v) is 12.2. The predicted octanol–water partition coefficient (Wildman–Crippen LogP) is 4.88. The largest absolute Gasteiger partial charge is 0.507 e. The van der Waals surface area contributed by atoms with Gasteiger partial charge in [0.2, 0.25) is 0 Å². The van der Waals surface area contributed by atoms with Gasteiger partial charge in [-0.25, -0.2) is 9.78 Å². The van der Waals surface area contributed by atoms with Crippen LogP contribution in [0.15, 0.2) is 48.0 Å². The second kappa shape index (κ2) is 9.94. The van der Waals surface area contributed by atoms with E-state index in [1.165, 1.54) is 12.0 Å². The molecule has 9 heteroatoms.